The molecule has 1 nitrogen and oxygen atoms in total. The van der Waals surface area contributed by atoms with Gasteiger partial charge in [-0.05, 0) is 67.4 Å². The summed E-state index contributed by atoms with van der Waals surface area (Å²) >= 11 is 0. The van der Waals surface area contributed by atoms with Crippen LogP contribution in [0.2, 0.25) is 0 Å². The van der Waals surface area contributed by atoms with Crippen molar-refractivity contribution >= 4 is 16.5 Å². The lowest BCUT2D eigenvalue weighted by molar-refractivity contribution is 1.54. The maximum Gasteiger partial charge on any atom is 0.0480 e. The summed E-state index contributed by atoms with van der Waals surface area (Å²) in [6.07, 6.45) is 0. The molecule has 0 aromatic heterocycles. The molecule has 41 heavy (non-hydrogen) atoms. The summed E-state index contributed by atoms with van der Waals surface area (Å²) < 4.78 is 0. The van der Waals surface area contributed by atoms with Gasteiger partial charge in [0.05, 0.1) is 0 Å². The second kappa shape index (κ2) is 10.6. The molecule has 0 aliphatic rings. The summed E-state index contributed by atoms with van der Waals surface area (Å²) in [6.45, 7) is 0. The Labute approximate surface area is 241 Å². The number of nitrogens with two attached hydrogens (primary N) is 1. The lowest BCUT2D eigenvalue weighted by atomic mass is 9.83. The molecule has 194 valence electrons. The van der Waals surface area contributed by atoms with Gasteiger partial charge in [0.2, 0.25) is 0 Å². The fourth-order valence-electron chi connectivity index (χ4n) is 5.80. The molecular weight excluding hydrogens is 494 g/mol. The first-order valence-corrected chi connectivity index (χ1v) is 14.0. The molecule has 7 aromatic carbocycles. The molecule has 0 unspecified atom stereocenters. The van der Waals surface area contributed by atoms with E-state index >= 15 is 0 Å². The minimum Gasteiger partial charge on any atom is -0.398 e. The van der Waals surface area contributed by atoms with Crippen molar-refractivity contribution in [1.29, 1.82) is 0 Å². The van der Waals surface area contributed by atoms with Gasteiger partial charge < -0.3 is 5.73 Å². The molecule has 1 heteroatoms. The van der Waals surface area contributed by atoms with Gasteiger partial charge in [0.25, 0.3) is 0 Å². The lowest BCUT2D eigenvalue weighted by Crippen LogP contribution is -2.00. The Morgan fingerprint density at radius 3 is 1.39 bits per heavy atom. The predicted octanol–water partition coefficient (Wildman–Crippen LogP) is 10.8. The van der Waals surface area contributed by atoms with Crippen LogP contribution in [0.3, 0.4) is 0 Å². The molecule has 0 aliphatic heterocycles. The van der Waals surface area contributed by atoms with Crippen LogP contribution in [0.1, 0.15) is 0 Å². The lowest BCUT2D eigenvalue weighted by Gasteiger charge is -2.22. The molecule has 2 N–H and O–H groups in total. The molecule has 0 spiro atoms. The molecule has 0 radical (unpaired) electrons. The van der Waals surface area contributed by atoms with Crippen LogP contribution in [-0.4, -0.2) is 0 Å². The molecular formula is C40H29N. The van der Waals surface area contributed by atoms with Gasteiger partial charge in [0.15, 0.2) is 0 Å². The number of hydrogen-bond donors (Lipinski definition) is 1. The Hall–Kier alpha value is -5.40. The maximum atomic E-state index is 7.08. The second-order valence-corrected chi connectivity index (χ2v) is 10.4. The highest BCUT2D eigenvalue weighted by Gasteiger charge is 2.21. The molecule has 0 saturated carbocycles. The Morgan fingerprint density at radius 1 is 0.293 bits per heavy atom. The number of nitrogen functional groups attached to an aromatic ring is 1. The van der Waals surface area contributed by atoms with E-state index in [1.807, 2.05) is 6.07 Å². The highest BCUT2D eigenvalue weighted by Crippen LogP contribution is 2.47. The van der Waals surface area contributed by atoms with Gasteiger partial charge in [-0.15, -0.1) is 0 Å². The van der Waals surface area contributed by atoms with Crippen LogP contribution >= 0.6 is 0 Å². The number of benzene rings is 7. The summed E-state index contributed by atoms with van der Waals surface area (Å²) in [5.74, 6) is 0. The fraction of sp³-hybridized carbons (Fsp3) is 0. The van der Waals surface area contributed by atoms with E-state index in [4.69, 9.17) is 5.73 Å². The summed E-state index contributed by atoms with van der Waals surface area (Å²) in [5, 5.41) is 2.50. The minimum atomic E-state index is 0.790. The first-order valence-electron chi connectivity index (χ1n) is 14.0. The zero-order valence-electron chi connectivity index (χ0n) is 22.7. The van der Waals surface area contributed by atoms with Crippen LogP contribution in [0.4, 0.5) is 5.69 Å². The largest absolute Gasteiger partial charge is 0.398 e. The van der Waals surface area contributed by atoms with Gasteiger partial charge >= 0.3 is 0 Å². The Morgan fingerprint density at radius 2 is 0.756 bits per heavy atom. The zero-order chi connectivity index (χ0) is 27.6. The highest BCUT2D eigenvalue weighted by molar-refractivity contribution is 6.05. The van der Waals surface area contributed by atoms with Crippen molar-refractivity contribution < 1.29 is 0 Å². The summed E-state index contributed by atoms with van der Waals surface area (Å²) in [4.78, 5) is 0. The number of fused-ring (bicyclic) bond motifs is 1. The Balaban J connectivity index is 1.46. The second-order valence-electron chi connectivity index (χ2n) is 10.4. The topological polar surface area (TPSA) is 26.0 Å². The van der Waals surface area contributed by atoms with E-state index in [0.717, 1.165) is 50.2 Å². The third kappa shape index (κ3) is 4.68. The molecule has 7 aromatic rings. The van der Waals surface area contributed by atoms with Crippen LogP contribution in [0.25, 0.3) is 66.4 Å². The minimum absolute atomic E-state index is 0.790. The Kier molecular flexibility index (Phi) is 6.39. The van der Waals surface area contributed by atoms with E-state index in [1.54, 1.807) is 0 Å². The average molecular weight is 524 g/mol. The van der Waals surface area contributed by atoms with Gasteiger partial charge in [-0.3, -0.25) is 0 Å². The summed E-state index contributed by atoms with van der Waals surface area (Å²) in [7, 11) is 0. The van der Waals surface area contributed by atoms with Crippen LogP contribution in [-0.2, 0) is 0 Å². The third-order valence-electron chi connectivity index (χ3n) is 7.86. The zero-order valence-corrected chi connectivity index (χ0v) is 22.7. The molecule has 0 amide bonds. The quantitative estimate of drug-likeness (QED) is 0.223. The van der Waals surface area contributed by atoms with Crippen molar-refractivity contribution in [2.24, 2.45) is 0 Å². The van der Waals surface area contributed by atoms with E-state index in [0.29, 0.717) is 0 Å². The van der Waals surface area contributed by atoms with Crippen molar-refractivity contribution in [3.63, 3.8) is 0 Å². The van der Waals surface area contributed by atoms with Crippen molar-refractivity contribution in [2.75, 3.05) is 5.73 Å². The molecule has 0 saturated heterocycles. The normalized spacial score (nSPS) is 11.0. The van der Waals surface area contributed by atoms with Crippen molar-refractivity contribution in [2.45, 2.75) is 0 Å². The maximum absolute atomic E-state index is 7.08. The van der Waals surface area contributed by atoms with Crippen molar-refractivity contribution in [3.8, 4) is 55.6 Å². The van der Waals surface area contributed by atoms with E-state index in [2.05, 4.69) is 158 Å². The van der Waals surface area contributed by atoms with Crippen LogP contribution in [0, 0.1) is 0 Å². The van der Waals surface area contributed by atoms with Crippen LogP contribution in [0.15, 0.2) is 164 Å². The summed E-state index contributed by atoms with van der Waals surface area (Å²) in [5.41, 5.74) is 19.2. The van der Waals surface area contributed by atoms with Crippen molar-refractivity contribution in [3.05, 3.63) is 164 Å². The van der Waals surface area contributed by atoms with Gasteiger partial charge in [-0.2, -0.15) is 0 Å². The van der Waals surface area contributed by atoms with E-state index < -0.39 is 0 Å². The third-order valence-corrected chi connectivity index (χ3v) is 7.86. The fourth-order valence-corrected chi connectivity index (χ4v) is 5.80. The molecule has 0 heterocycles. The molecule has 0 bridgehead atoms. The first-order chi connectivity index (χ1) is 20.3. The van der Waals surface area contributed by atoms with Gasteiger partial charge in [0, 0.05) is 16.8 Å². The number of hydrogen-bond acceptors (Lipinski definition) is 1. The smallest absolute Gasteiger partial charge is 0.0480 e. The molecule has 0 atom stereocenters. The standard InChI is InChI=1S/C40H29N/c41-40-37(30-13-4-1-5-14-30)27-36(38(32-15-6-2-7-16-32)39(40)33-17-8-3-9-18-33)31-23-20-29(21-24-31)35-25-22-28-12-10-11-19-34(28)26-35/h1-27H,41H2. The molecule has 7 rings (SSSR count). The highest BCUT2D eigenvalue weighted by atomic mass is 14.6. The summed E-state index contributed by atoms with van der Waals surface area (Å²) in [6, 6.07) is 58.0. The average Bonchev–Trinajstić information content (AvgIpc) is 3.05. The van der Waals surface area contributed by atoms with Gasteiger partial charge in [-0.25, -0.2) is 0 Å². The monoisotopic (exact) mass is 523 g/mol. The van der Waals surface area contributed by atoms with Crippen LogP contribution in [0.5, 0.6) is 0 Å². The molecule has 0 aliphatic carbocycles. The van der Waals surface area contributed by atoms with Crippen LogP contribution < -0.4 is 5.73 Å². The van der Waals surface area contributed by atoms with Crippen molar-refractivity contribution in [1.82, 2.24) is 0 Å². The SMILES string of the molecule is Nc1c(-c2ccccc2)cc(-c2ccc(-c3ccc4ccccc4c3)cc2)c(-c2ccccc2)c1-c1ccccc1. The van der Waals surface area contributed by atoms with E-state index in [-0.39, 0.29) is 0 Å². The molecule has 0 fully saturated rings. The Bertz CT molecular complexity index is 1960. The van der Waals surface area contributed by atoms with E-state index in [9.17, 15) is 0 Å². The number of rotatable bonds is 5. The number of anilines is 1. The predicted molar refractivity (Wildman–Crippen MR) is 176 cm³/mol. The first kappa shape index (κ1) is 24.6. The van der Waals surface area contributed by atoms with Gasteiger partial charge in [-0.1, -0.05) is 152 Å². The van der Waals surface area contributed by atoms with Gasteiger partial charge in [0.1, 0.15) is 0 Å². The van der Waals surface area contributed by atoms with E-state index in [1.165, 1.54) is 21.9 Å².